The molecule has 4 aromatic rings. The molecule has 5 nitrogen and oxygen atoms in total. The second-order valence-electron chi connectivity index (χ2n) is 5.88. The minimum atomic E-state index is -0.581. The number of para-hydroxylation sites is 4. The molecule has 1 aliphatic rings. The van der Waals surface area contributed by atoms with Crippen LogP contribution in [0.2, 0.25) is 0 Å². The fourth-order valence-corrected chi connectivity index (χ4v) is 5.55. The zero-order chi connectivity index (χ0) is 18.3. The Balaban J connectivity index is 1.55. The first-order chi connectivity index (χ1) is 13.2. The maximum atomic E-state index is 5.95. The monoisotopic (exact) mass is 410 g/mol. The number of hydrogen-bond donors (Lipinski definition) is 1. The molecule has 1 atom stereocenters. The van der Waals surface area contributed by atoms with E-state index >= 15 is 0 Å². The number of hydrogen-bond acceptors (Lipinski definition) is 7. The van der Waals surface area contributed by atoms with Crippen LogP contribution >= 0.6 is 36.5 Å². The highest BCUT2D eigenvalue weighted by atomic mass is 32.2. The van der Waals surface area contributed by atoms with Gasteiger partial charge < -0.3 is 4.42 Å². The van der Waals surface area contributed by atoms with Crippen LogP contribution in [0.25, 0.3) is 22.1 Å². The molecular formula is C19H14N4OS3. The van der Waals surface area contributed by atoms with E-state index in [0.717, 1.165) is 22.1 Å². The number of oxazole rings is 1. The highest BCUT2D eigenvalue weighted by Crippen LogP contribution is 2.49. The molecule has 1 aliphatic heterocycles. The first kappa shape index (κ1) is 16.9. The van der Waals surface area contributed by atoms with Crippen LogP contribution in [0.3, 0.4) is 0 Å². The van der Waals surface area contributed by atoms with Crippen molar-refractivity contribution in [3.05, 3.63) is 79.3 Å². The number of benzene rings is 2. The van der Waals surface area contributed by atoms with Crippen LogP contribution in [0.5, 0.6) is 0 Å². The van der Waals surface area contributed by atoms with Crippen LogP contribution in [-0.2, 0) is 0 Å². The number of thioether (sulfide) groups is 1. The number of thiol groups is 1. The Morgan fingerprint density at radius 2 is 1.81 bits per heavy atom. The molecule has 2 aromatic carbocycles. The highest BCUT2D eigenvalue weighted by Gasteiger charge is 2.38. The Bertz CT molecular complexity index is 1150. The van der Waals surface area contributed by atoms with E-state index in [0.29, 0.717) is 5.22 Å². The smallest absolute Gasteiger partial charge is 0.260 e. The lowest BCUT2D eigenvalue weighted by Gasteiger charge is -2.36. The van der Waals surface area contributed by atoms with Gasteiger partial charge in [-0.1, -0.05) is 43.2 Å². The van der Waals surface area contributed by atoms with Crippen molar-refractivity contribution in [3.8, 4) is 0 Å². The van der Waals surface area contributed by atoms with Gasteiger partial charge in [-0.05, 0) is 48.2 Å². The van der Waals surface area contributed by atoms with Crippen LogP contribution in [0.1, 0.15) is 0 Å². The third-order valence-corrected chi connectivity index (χ3v) is 7.37. The molecular weight excluding hydrogens is 396 g/mol. The first-order valence-electron chi connectivity index (χ1n) is 8.24. The van der Waals surface area contributed by atoms with Crippen LogP contribution in [0, 0.1) is 0 Å². The molecule has 0 fully saturated rings. The van der Waals surface area contributed by atoms with Crippen molar-refractivity contribution in [1.29, 1.82) is 0 Å². The van der Waals surface area contributed by atoms with Gasteiger partial charge in [-0.25, -0.2) is 9.97 Å². The number of allylic oxidation sites excluding steroid dienone is 2. The van der Waals surface area contributed by atoms with Gasteiger partial charge in [0.1, 0.15) is 11.8 Å². The average molecular weight is 411 g/mol. The second kappa shape index (κ2) is 6.70. The Labute approximate surface area is 169 Å². The molecule has 0 amide bonds. The number of rotatable bonds is 4. The van der Waals surface area contributed by atoms with Crippen molar-refractivity contribution in [2.24, 2.45) is 0 Å². The van der Waals surface area contributed by atoms with Crippen molar-refractivity contribution >= 4 is 58.7 Å². The molecule has 0 aliphatic carbocycles. The summed E-state index contributed by atoms with van der Waals surface area (Å²) in [5.41, 5.74) is 3.61. The fourth-order valence-electron chi connectivity index (χ4n) is 2.83. The summed E-state index contributed by atoms with van der Waals surface area (Å²) in [4.78, 5) is 9.11. The van der Waals surface area contributed by atoms with E-state index < -0.39 is 4.20 Å². The minimum Gasteiger partial charge on any atom is -0.431 e. The van der Waals surface area contributed by atoms with E-state index in [2.05, 4.69) is 26.1 Å². The molecule has 2 aromatic heterocycles. The summed E-state index contributed by atoms with van der Waals surface area (Å²) in [6.07, 6.45) is 9.79. The summed E-state index contributed by atoms with van der Waals surface area (Å²) >= 11 is 7.78. The minimum absolute atomic E-state index is 0.581. The molecule has 0 saturated heterocycles. The third kappa shape index (κ3) is 3.03. The van der Waals surface area contributed by atoms with E-state index in [1.165, 1.54) is 11.8 Å². The van der Waals surface area contributed by atoms with Gasteiger partial charge in [-0.2, -0.15) is 0 Å². The van der Waals surface area contributed by atoms with Gasteiger partial charge in [0.05, 0.1) is 11.0 Å². The molecule has 0 spiro atoms. The number of nitrogens with zero attached hydrogens (tertiary/aromatic N) is 4. The quantitative estimate of drug-likeness (QED) is 0.361. The number of aromatic nitrogens is 3. The largest absolute Gasteiger partial charge is 0.431 e. The van der Waals surface area contributed by atoms with Gasteiger partial charge in [0.15, 0.2) is 9.79 Å². The van der Waals surface area contributed by atoms with Crippen molar-refractivity contribution in [2.75, 3.05) is 0 Å². The Morgan fingerprint density at radius 1 is 1.00 bits per heavy atom. The lowest BCUT2D eigenvalue weighted by Crippen LogP contribution is -2.34. The summed E-state index contributed by atoms with van der Waals surface area (Å²) in [6, 6.07) is 15.8. The third-order valence-electron chi connectivity index (χ3n) is 4.12. The molecule has 27 heavy (non-hydrogen) atoms. The van der Waals surface area contributed by atoms with E-state index in [-0.39, 0.29) is 0 Å². The van der Waals surface area contributed by atoms with Crippen molar-refractivity contribution in [1.82, 2.24) is 18.2 Å². The van der Waals surface area contributed by atoms with Crippen molar-refractivity contribution in [3.63, 3.8) is 0 Å². The summed E-state index contributed by atoms with van der Waals surface area (Å²) in [7, 11) is 0. The normalized spacial score (nSPS) is 19.4. The summed E-state index contributed by atoms with van der Waals surface area (Å²) in [5, 5.41) is 0.590. The van der Waals surface area contributed by atoms with Gasteiger partial charge >= 0.3 is 0 Å². The Hall–Kier alpha value is -2.29. The molecule has 0 radical (unpaired) electrons. The Morgan fingerprint density at radius 3 is 2.67 bits per heavy atom. The maximum absolute atomic E-state index is 5.95. The van der Waals surface area contributed by atoms with Gasteiger partial charge in [-0.3, -0.25) is 8.28 Å². The maximum Gasteiger partial charge on any atom is 0.260 e. The fraction of sp³-hybridized carbons (Fsp3) is 0.0526. The predicted octanol–water partition coefficient (Wildman–Crippen LogP) is 5.35. The number of imidazole rings is 1. The average Bonchev–Trinajstić information content (AvgIpc) is 3.28. The standard InChI is InChI=1S/C19H14N4OS3/c25-23-12-6-5-11-19(23,26-18-21-15-8-2-4-10-17(15)24-18)27-22-13-20-14-7-1-3-9-16(14)22/h1-13,25H. The molecule has 1 unspecified atom stereocenters. The lowest BCUT2D eigenvalue weighted by atomic mass is 10.3. The van der Waals surface area contributed by atoms with Crippen LogP contribution in [0.15, 0.2) is 88.9 Å². The molecule has 0 saturated carbocycles. The van der Waals surface area contributed by atoms with Crippen molar-refractivity contribution in [2.45, 2.75) is 9.43 Å². The van der Waals surface area contributed by atoms with Crippen molar-refractivity contribution < 1.29 is 4.42 Å². The van der Waals surface area contributed by atoms with Crippen LogP contribution < -0.4 is 0 Å². The molecule has 0 N–H and O–H groups in total. The van der Waals surface area contributed by atoms with Gasteiger partial charge in [0, 0.05) is 18.1 Å². The molecule has 0 bridgehead atoms. The molecule has 3 heterocycles. The van der Waals surface area contributed by atoms with Gasteiger partial charge in [0.25, 0.3) is 5.22 Å². The van der Waals surface area contributed by atoms with E-state index in [1.54, 1.807) is 11.9 Å². The number of fused-ring (bicyclic) bond motifs is 2. The lowest BCUT2D eigenvalue weighted by molar-refractivity contribution is 0.483. The summed E-state index contributed by atoms with van der Waals surface area (Å²) < 4.78 is 9.27. The zero-order valence-electron chi connectivity index (χ0n) is 14.0. The molecule has 134 valence electrons. The Kier molecular flexibility index (Phi) is 4.18. The van der Waals surface area contributed by atoms with E-state index in [4.69, 9.17) is 17.2 Å². The topological polar surface area (TPSA) is 47.1 Å². The summed E-state index contributed by atoms with van der Waals surface area (Å²) in [5.74, 6) is 0. The first-order valence-corrected chi connectivity index (χ1v) is 10.2. The van der Waals surface area contributed by atoms with E-state index in [9.17, 15) is 0 Å². The van der Waals surface area contributed by atoms with Crippen LogP contribution in [0.4, 0.5) is 0 Å². The second-order valence-corrected chi connectivity index (χ2v) is 8.94. The van der Waals surface area contributed by atoms with Gasteiger partial charge in [-0.15, -0.1) is 0 Å². The zero-order valence-corrected chi connectivity index (χ0v) is 16.5. The highest BCUT2D eigenvalue weighted by molar-refractivity contribution is 8.18. The predicted molar refractivity (Wildman–Crippen MR) is 114 cm³/mol. The van der Waals surface area contributed by atoms with E-state index in [1.807, 2.05) is 71.4 Å². The molecule has 5 rings (SSSR count). The van der Waals surface area contributed by atoms with Gasteiger partial charge in [0.2, 0.25) is 0 Å². The molecule has 8 heteroatoms. The SMILES string of the molecule is SN1C=CC=CC1(Sc1nc2ccccc2o1)Sn1cnc2ccccc21. The van der Waals surface area contributed by atoms with Crippen LogP contribution in [-0.4, -0.2) is 22.4 Å². The summed E-state index contributed by atoms with van der Waals surface area (Å²) in [6.45, 7) is 0.